The van der Waals surface area contributed by atoms with E-state index in [0.717, 1.165) is 49.7 Å². The lowest BCUT2D eigenvalue weighted by Gasteiger charge is -2.18. The van der Waals surface area contributed by atoms with E-state index in [0.29, 0.717) is 5.92 Å². The third-order valence-corrected chi connectivity index (χ3v) is 3.75. The molecule has 1 rings (SSSR count). The highest BCUT2D eigenvalue weighted by molar-refractivity contribution is 5.48. The van der Waals surface area contributed by atoms with Gasteiger partial charge in [0.2, 0.25) is 5.88 Å². The molecule has 0 aliphatic carbocycles. The molecule has 0 aromatic carbocycles. The highest BCUT2D eigenvalue weighted by Crippen LogP contribution is 2.25. The maximum absolute atomic E-state index is 6.04. The Balaban J connectivity index is 2.74. The summed E-state index contributed by atoms with van der Waals surface area (Å²) in [5, 5.41) is 3.31. The molecule has 0 amide bonds. The van der Waals surface area contributed by atoms with Gasteiger partial charge in [-0.15, -0.1) is 0 Å². The molecule has 0 radical (unpaired) electrons. The number of nitrogens with zero attached hydrogens (tertiary/aromatic N) is 2. The Kier molecular flexibility index (Phi) is 8.79. The molecular formula is C17H31N3O. The highest BCUT2D eigenvalue weighted by Gasteiger charge is 2.14. The number of aromatic nitrogens is 2. The van der Waals surface area contributed by atoms with Crippen molar-refractivity contribution < 1.29 is 4.74 Å². The Morgan fingerprint density at radius 1 is 1.14 bits per heavy atom. The molecule has 1 heterocycles. The van der Waals surface area contributed by atoms with Crippen molar-refractivity contribution in [1.82, 2.24) is 9.97 Å². The molecule has 120 valence electrons. The average Bonchev–Trinajstić information content (AvgIpc) is 2.50. The van der Waals surface area contributed by atoms with Crippen LogP contribution >= 0.6 is 0 Å². The van der Waals surface area contributed by atoms with E-state index in [-0.39, 0.29) is 0 Å². The Hall–Kier alpha value is -1.32. The molecule has 0 aliphatic heterocycles. The summed E-state index contributed by atoms with van der Waals surface area (Å²) in [6.45, 7) is 10.3. The third-order valence-electron chi connectivity index (χ3n) is 3.75. The predicted octanol–water partition coefficient (Wildman–Crippen LogP) is 4.46. The lowest BCUT2D eigenvalue weighted by atomic mass is 10.0. The summed E-state index contributed by atoms with van der Waals surface area (Å²) in [4.78, 5) is 8.70. The molecule has 0 bridgehead atoms. The minimum Gasteiger partial charge on any atom is -0.477 e. The Morgan fingerprint density at radius 3 is 2.57 bits per heavy atom. The summed E-state index contributed by atoms with van der Waals surface area (Å²) in [5.74, 6) is 2.31. The van der Waals surface area contributed by atoms with Crippen LogP contribution in [0.4, 0.5) is 5.82 Å². The van der Waals surface area contributed by atoms with Crippen LogP contribution in [0, 0.1) is 5.92 Å². The minimum atomic E-state index is 0.622. The second kappa shape index (κ2) is 10.4. The van der Waals surface area contributed by atoms with Gasteiger partial charge in [0, 0.05) is 6.54 Å². The van der Waals surface area contributed by atoms with Gasteiger partial charge >= 0.3 is 0 Å². The monoisotopic (exact) mass is 293 g/mol. The Bertz CT molecular complexity index is 396. The summed E-state index contributed by atoms with van der Waals surface area (Å²) >= 11 is 0. The molecule has 1 aromatic rings. The first-order chi connectivity index (χ1) is 10.3. The summed E-state index contributed by atoms with van der Waals surface area (Å²) < 4.78 is 6.04. The molecule has 1 N–H and O–H groups in total. The van der Waals surface area contributed by atoms with E-state index in [1.165, 1.54) is 19.3 Å². The minimum absolute atomic E-state index is 0.622. The molecule has 0 fully saturated rings. The van der Waals surface area contributed by atoms with Crippen molar-refractivity contribution in [1.29, 1.82) is 0 Å². The average molecular weight is 293 g/mol. The van der Waals surface area contributed by atoms with Gasteiger partial charge in [0.05, 0.1) is 12.2 Å². The molecule has 0 spiro atoms. The second-order valence-corrected chi connectivity index (χ2v) is 5.51. The molecule has 0 saturated heterocycles. The van der Waals surface area contributed by atoms with Crippen molar-refractivity contribution >= 4 is 5.82 Å². The van der Waals surface area contributed by atoms with Crippen LogP contribution in [-0.4, -0.2) is 23.1 Å². The SMILES string of the molecule is CCCCC(CC)COc1ncnc(NCC)c1CCC. The lowest BCUT2D eigenvalue weighted by molar-refractivity contribution is 0.223. The molecule has 1 aromatic heterocycles. The van der Waals surface area contributed by atoms with E-state index in [4.69, 9.17) is 4.74 Å². The smallest absolute Gasteiger partial charge is 0.221 e. The summed E-state index contributed by atoms with van der Waals surface area (Å²) in [7, 11) is 0. The number of nitrogens with one attached hydrogen (secondary N) is 1. The van der Waals surface area contributed by atoms with Crippen LogP contribution < -0.4 is 10.1 Å². The zero-order valence-electron chi connectivity index (χ0n) is 14.1. The van der Waals surface area contributed by atoms with Crippen molar-refractivity contribution in [3.8, 4) is 5.88 Å². The molecular weight excluding hydrogens is 262 g/mol. The molecule has 0 aliphatic rings. The molecule has 1 atom stereocenters. The van der Waals surface area contributed by atoms with E-state index in [2.05, 4.69) is 43.0 Å². The molecule has 21 heavy (non-hydrogen) atoms. The predicted molar refractivity (Wildman–Crippen MR) is 89.0 cm³/mol. The maximum Gasteiger partial charge on any atom is 0.221 e. The van der Waals surface area contributed by atoms with E-state index < -0.39 is 0 Å². The second-order valence-electron chi connectivity index (χ2n) is 5.51. The van der Waals surface area contributed by atoms with Crippen molar-refractivity contribution in [2.75, 3.05) is 18.5 Å². The first-order valence-electron chi connectivity index (χ1n) is 8.47. The van der Waals surface area contributed by atoms with Crippen LogP contribution in [0.1, 0.15) is 65.4 Å². The van der Waals surface area contributed by atoms with Gasteiger partial charge in [0.1, 0.15) is 12.1 Å². The zero-order chi connectivity index (χ0) is 15.5. The summed E-state index contributed by atoms with van der Waals surface area (Å²) in [6.07, 6.45) is 8.53. The first-order valence-corrected chi connectivity index (χ1v) is 8.47. The van der Waals surface area contributed by atoms with E-state index in [1.54, 1.807) is 6.33 Å². The fraction of sp³-hybridized carbons (Fsp3) is 0.765. The maximum atomic E-state index is 6.04. The molecule has 1 unspecified atom stereocenters. The van der Waals surface area contributed by atoms with Gasteiger partial charge in [0.15, 0.2) is 0 Å². The van der Waals surface area contributed by atoms with Gasteiger partial charge in [-0.05, 0) is 25.7 Å². The number of ether oxygens (including phenoxy) is 1. The molecule has 4 heteroatoms. The van der Waals surface area contributed by atoms with Crippen molar-refractivity contribution in [2.24, 2.45) is 5.92 Å². The quantitative estimate of drug-likeness (QED) is 0.654. The van der Waals surface area contributed by atoms with E-state index in [1.807, 2.05) is 0 Å². The van der Waals surface area contributed by atoms with Gasteiger partial charge in [-0.2, -0.15) is 0 Å². The van der Waals surface area contributed by atoms with Crippen LogP contribution in [0.2, 0.25) is 0 Å². The topological polar surface area (TPSA) is 47.0 Å². The summed E-state index contributed by atoms with van der Waals surface area (Å²) in [6, 6.07) is 0. The standard InChI is InChI=1S/C17H31N3O/c1-5-9-11-14(7-3)12-21-17-15(10-6-2)16(18-8-4)19-13-20-17/h13-14H,5-12H2,1-4H3,(H,18,19,20). The number of anilines is 1. The van der Waals surface area contributed by atoms with Crippen LogP contribution in [-0.2, 0) is 6.42 Å². The lowest BCUT2D eigenvalue weighted by Crippen LogP contribution is -2.14. The Morgan fingerprint density at radius 2 is 1.95 bits per heavy atom. The Labute approximate surface area is 129 Å². The van der Waals surface area contributed by atoms with Crippen LogP contribution in [0.5, 0.6) is 5.88 Å². The molecule has 0 saturated carbocycles. The van der Waals surface area contributed by atoms with Gasteiger partial charge in [-0.1, -0.05) is 46.5 Å². The van der Waals surface area contributed by atoms with Crippen LogP contribution in [0.15, 0.2) is 6.33 Å². The van der Waals surface area contributed by atoms with Crippen molar-refractivity contribution in [2.45, 2.75) is 66.2 Å². The normalized spacial score (nSPS) is 12.2. The van der Waals surface area contributed by atoms with Crippen LogP contribution in [0.3, 0.4) is 0 Å². The van der Waals surface area contributed by atoms with Gasteiger partial charge in [-0.25, -0.2) is 9.97 Å². The highest BCUT2D eigenvalue weighted by atomic mass is 16.5. The fourth-order valence-corrected chi connectivity index (χ4v) is 2.41. The van der Waals surface area contributed by atoms with Crippen molar-refractivity contribution in [3.63, 3.8) is 0 Å². The first kappa shape index (κ1) is 17.7. The van der Waals surface area contributed by atoms with E-state index >= 15 is 0 Å². The number of hydrogen-bond donors (Lipinski definition) is 1. The molecule has 4 nitrogen and oxygen atoms in total. The van der Waals surface area contributed by atoms with Crippen molar-refractivity contribution in [3.05, 3.63) is 11.9 Å². The van der Waals surface area contributed by atoms with Gasteiger partial charge in [-0.3, -0.25) is 0 Å². The van der Waals surface area contributed by atoms with Gasteiger partial charge < -0.3 is 10.1 Å². The fourth-order valence-electron chi connectivity index (χ4n) is 2.41. The zero-order valence-corrected chi connectivity index (χ0v) is 14.1. The number of rotatable bonds is 11. The third kappa shape index (κ3) is 5.90. The number of hydrogen-bond acceptors (Lipinski definition) is 4. The largest absolute Gasteiger partial charge is 0.477 e. The van der Waals surface area contributed by atoms with Gasteiger partial charge in [0.25, 0.3) is 0 Å². The van der Waals surface area contributed by atoms with Crippen LogP contribution in [0.25, 0.3) is 0 Å². The van der Waals surface area contributed by atoms with E-state index in [9.17, 15) is 0 Å². The number of unbranched alkanes of at least 4 members (excludes halogenated alkanes) is 1. The summed E-state index contributed by atoms with van der Waals surface area (Å²) in [5.41, 5.74) is 1.12.